The summed E-state index contributed by atoms with van der Waals surface area (Å²) in [4.78, 5) is 0.303. The van der Waals surface area contributed by atoms with Gasteiger partial charge in [-0.15, -0.1) is 0 Å². The van der Waals surface area contributed by atoms with E-state index in [2.05, 4.69) is 6.58 Å². The van der Waals surface area contributed by atoms with Gasteiger partial charge in [-0.3, -0.25) is 0 Å². The van der Waals surface area contributed by atoms with Crippen molar-refractivity contribution < 1.29 is 8.42 Å². The molecule has 13 heavy (non-hydrogen) atoms. The molecule has 0 saturated heterocycles. The van der Waals surface area contributed by atoms with Crippen LogP contribution in [0.2, 0.25) is 0 Å². The van der Waals surface area contributed by atoms with E-state index in [9.17, 15) is 8.42 Å². The van der Waals surface area contributed by atoms with Crippen molar-refractivity contribution in [2.75, 3.05) is 0 Å². The monoisotopic (exact) mass is 308 g/mol. The molecule has 0 aliphatic rings. The lowest BCUT2D eigenvalue weighted by atomic mass is 10.2. The highest BCUT2D eigenvalue weighted by Crippen LogP contribution is 2.22. The fraction of sp³-hybridized carbons (Fsp3) is 0.111. The Morgan fingerprint density at radius 1 is 1.31 bits per heavy atom. The van der Waals surface area contributed by atoms with Gasteiger partial charge in [-0.2, -0.15) is 0 Å². The summed E-state index contributed by atoms with van der Waals surface area (Å²) in [6.45, 7) is 5.34. The van der Waals surface area contributed by atoms with Gasteiger partial charge in [0.15, 0.2) is 0 Å². The average Bonchev–Trinajstić information content (AvgIpc) is 2.04. The smallest absolute Gasteiger partial charge is 0.211 e. The number of hydrogen-bond donors (Lipinski definition) is 0. The summed E-state index contributed by atoms with van der Waals surface area (Å²) in [7, 11) is -3.30. The number of aryl methyl sites for hydroxylation is 1. The van der Waals surface area contributed by atoms with Crippen LogP contribution in [0.4, 0.5) is 0 Å². The maximum Gasteiger partial charge on any atom is 0.211 e. The third kappa shape index (κ3) is 2.31. The second-order valence-corrected chi connectivity index (χ2v) is 6.68. The van der Waals surface area contributed by atoms with E-state index in [0.717, 1.165) is 5.56 Å². The molecule has 0 aliphatic carbocycles. The van der Waals surface area contributed by atoms with Crippen molar-refractivity contribution in [3.8, 4) is 0 Å². The molecule has 0 aromatic heterocycles. The minimum atomic E-state index is -3.30. The summed E-state index contributed by atoms with van der Waals surface area (Å²) in [5.74, 6) is 0. The third-order valence-electron chi connectivity index (χ3n) is 1.62. The predicted octanol–water partition coefficient (Wildman–Crippen LogP) is 2.67. The zero-order valence-corrected chi connectivity index (χ0v) is 10.1. The second kappa shape index (κ2) is 3.79. The van der Waals surface area contributed by atoms with Crippen molar-refractivity contribution in [2.45, 2.75) is 11.8 Å². The fourth-order valence-electron chi connectivity index (χ4n) is 0.845. The van der Waals surface area contributed by atoms with E-state index in [1.807, 2.05) is 6.92 Å². The first-order chi connectivity index (χ1) is 5.94. The zero-order valence-electron chi connectivity index (χ0n) is 7.12. The number of rotatable bonds is 2. The molecule has 0 saturated carbocycles. The van der Waals surface area contributed by atoms with Crippen LogP contribution in [0.15, 0.2) is 38.7 Å². The van der Waals surface area contributed by atoms with Crippen LogP contribution in [0.1, 0.15) is 5.56 Å². The Kier molecular flexibility index (Phi) is 3.13. The van der Waals surface area contributed by atoms with Gasteiger partial charge in [-0.1, -0.05) is 24.3 Å². The van der Waals surface area contributed by atoms with Crippen molar-refractivity contribution in [2.24, 2.45) is 0 Å². The fourth-order valence-corrected chi connectivity index (χ4v) is 2.36. The maximum atomic E-state index is 11.5. The molecule has 0 aliphatic heterocycles. The van der Waals surface area contributed by atoms with Gasteiger partial charge < -0.3 is 0 Å². The highest BCUT2D eigenvalue weighted by Gasteiger charge is 2.15. The van der Waals surface area contributed by atoms with Crippen molar-refractivity contribution >= 4 is 32.4 Å². The quantitative estimate of drug-likeness (QED) is 0.787. The lowest BCUT2D eigenvalue weighted by molar-refractivity contribution is 0.604. The summed E-state index contributed by atoms with van der Waals surface area (Å²) in [6, 6.07) is 6.72. The molecule has 1 aromatic rings. The Morgan fingerprint density at radius 2 is 1.77 bits per heavy atom. The van der Waals surface area contributed by atoms with E-state index in [4.69, 9.17) is 0 Å². The van der Waals surface area contributed by atoms with Crippen LogP contribution in [0.25, 0.3) is 0 Å². The van der Waals surface area contributed by atoms with E-state index in [1.54, 1.807) is 46.9 Å². The van der Waals surface area contributed by atoms with E-state index in [0.29, 0.717) is 4.90 Å². The van der Waals surface area contributed by atoms with Crippen molar-refractivity contribution in [1.82, 2.24) is 0 Å². The molecule has 70 valence electrons. The Bertz CT molecular complexity index is 417. The standard InChI is InChI=1S/C9H9IO2S/c1-7-3-5-9(6-4-7)13(11,12)8(2)10/h3-6H,2H2,1H3. The summed E-state index contributed by atoms with van der Waals surface area (Å²) in [5, 5.41) is 0. The van der Waals surface area contributed by atoms with Gasteiger partial charge in [0, 0.05) is 0 Å². The average molecular weight is 308 g/mol. The summed E-state index contributed by atoms with van der Waals surface area (Å²) < 4.78 is 23.2. The molecule has 0 unspecified atom stereocenters. The van der Waals surface area contributed by atoms with Crippen LogP contribution < -0.4 is 0 Å². The van der Waals surface area contributed by atoms with Crippen LogP contribution in [0, 0.1) is 6.92 Å². The minimum absolute atomic E-state index is 0.147. The van der Waals surface area contributed by atoms with Gasteiger partial charge in [0.05, 0.1) is 4.90 Å². The van der Waals surface area contributed by atoms with Gasteiger partial charge in [-0.25, -0.2) is 8.42 Å². The Hall–Kier alpha value is -0.360. The zero-order chi connectivity index (χ0) is 10.1. The Labute approximate surface area is 91.7 Å². The second-order valence-electron chi connectivity index (χ2n) is 2.67. The molecule has 1 rings (SSSR count). The summed E-state index contributed by atoms with van der Waals surface area (Å²) >= 11 is 1.71. The predicted molar refractivity (Wildman–Crippen MR) is 61.5 cm³/mol. The highest BCUT2D eigenvalue weighted by atomic mass is 127. The molecule has 0 radical (unpaired) electrons. The first-order valence-electron chi connectivity index (χ1n) is 3.61. The Morgan fingerprint density at radius 3 is 2.15 bits per heavy atom. The van der Waals surface area contributed by atoms with Gasteiger partial charge in [-0.05, 0) is 41.6 Å². The van der Waals surface area contributed by atoms with E-state index >= 15 is 0 Å². The van der Waals surface area contributed by atoms with Crippen LogP contribution in [0.3, 0.4) is 0 Å². The first-order valence-corrected chi connectivity index (χ1v) is 6.17. The van der Waals surface area contributed by atoms with Crippen LogP contribution in [0.5, 0.6) is 0 Å². The van der Waals surface area contributed by atoms with Gasteiger partial charge >= 0.3 is 0 Å². The highest BCUT2D eigenvalue weighted by molar-refractivity contribution is 14.1. The van der Waals surface area contributed by atoms with Crippen molar-refractivity contribution in [1.29, 1.82) is 0 Å². The molecule has 0 atom stereocenters. The van der Waals surface area contributed by atoms with Gasteiger partial charge in [0.1, 0.15) is 2.91 Å². The first kappa shape index (κ1) is 10.7. The van der Waals surface area contributed by atoms with Crippen molar-refractivity contribution in [3.63, 3.8) is 0 Å². The maximum absolute atomic E-state index is 11.5. The number of halogens is 1. The summed E-state index contributed by atoms with van der Waals surface area (Å²) in [6.07, 6.45) is 0. The van der Waals surface area contributed by atoms with Gasteiger partial charge in [0.2, 0.25) is 9.84 Å². The molecule has 0 bridgehead atoms. The number of hydrogen-bond acceptors (Lipinski definition) is 2. The lowest BCUT2D eigenvalue weighted by Gasteiger charge is -2.01. The number of benzene rings is 1. The van der Waals surface area contributed by atoms with E-state index < -0.39 is 9.84 Å². The van der Waals surface area contributed by atoms with E-state index in [-0.39, 0.29) is 2.91 Å². The largest absolute Gasteiger partial charge is 0.218 e. The van der Waals surface area contributed by atoms with Crippen LogP contribution in [-0.4, -0.2) is 8.42 Å². The molecule has 2 nitrogen and oxygen atoms in total. The van der Waals surface area contributed by atoms with Crippen LogP contribution >= 0.6 is 22.6 Å². The van der Waals surface area contributed by atoms with Gasteiger partial charge in [0.25, 0.3) is 0 Å². The number of sulfone groups is 1. The third-order valence-corrected chi connectivity index (χ3v) is 4.84. The molecular weight excluding hydrogens is 299 g/mol. The van der Waals surface area contributed by atoms with E-state index in [1.165, 1.54) is 0 Å². The van der Waals surface area contributed by atoms with Crippen molar-refractivity contribution in [3.05, 3.63) is 39.3 Å². The molecule has 0 amide bonds. The molecule has 0 spiro atoms. The molecule has 0 N–H and O–H groups in total. The molecular formula is C9H9IO2S. The molecule has 4 heteroatoms. The van der Waals surface area contributed by atoms with Crippen LogP contribution in [-0.2, 0) is 9.84 Å². The lowest BCUT2D eigenvalue weighted by Crippen LogP contribution is -1.98. The topological polar surface area (TPSA) is 34.1 Å². The normalized spacial score (nSPS) is 11.2. The molecule has 1 aromatic carbocycles. The Balaban J connectivity index is 3.25. The molecule has 0 fully saturated rings. The minimum Gasteiger partial charge on any atom is -0.218 e. The SMILES string of the molecule is C=C(I)S(=O)(=O)c1ccc(C)cc1. The summed E-state index contributed by atoms with van der Waals surface area (Å²) in [5.41, 5.74) is 1.04. The molecule has 0 heterocycles.